The number of hydrogen-bond donors (Lipinski definition) is 3. The van der Waals surface area contributed by atoms with Gasteiger partial charge in [0.05, 0.1) is 5.75 Å². The predicted octanol–water partition coefficient (Wildman–Crippen LogP) is -2.04. The molecule has 18 heavy (non-hydrogen) atoms. The molecule has 0 aromatic rings. The Kier molecular flexibility index (Phi) is 6.81. The Balaban J connectivity index is 4.54. The van der Waals surface area contributed by atoms with Crippen molar-refractivity contribution in [3.05, 3.63) is 0 Å². The topological polar surface area (TPSA) is 136 Å². The van der Waals surface area contributed by atoms with Crippen molar-refractivity contribution >= 4 is 21.7 Å². The first-order chi connectivity index (χ1) is 8.21. The number of aliphatic carboxylic acids is 1. The summed E-state index contributed by atoms with van der Waals surface area (Å²) in [4.78, 5) is 22.4. The van der Waals surface area contributed by atoms with Crippen LogP contribution in [0.4, 0.5) is 0 Å². The molecule has 0 aromatic carbocycles. The van der Waals surface area contributed by atoms with E-state index in [9.17, 15) is 18.0 Å². The van der Waals surface area contributed by atoms with E-state index in [-0.39, 0.29) is 18.7 Å². The van der Waals surface area contributed by atoms with E-state index in [1.54, 1.807) is 0 Å². The van der Waals surface area contributed by atoms with Crippen LogP contribution in [0.15, 0.2) is 0 Å². The molecule has 0 bridgehead atoms. The van der Waals surface area contributed by atoms with Crippen molar-refractivity contribution in [2.75, 3.05) is 25.7 Å². The van der Waals surface area contributed by atoms with Crippen LogP contribution in [-0.2, 0) is 24.2 Å². The lowest BCUT2D eigenvalue weighted by Gasteiger charge is -2.18. The number of carbonyl (C=O) groups excluding carboxylic acids is 1. The molecule has 0 radical (unpaired) electrons. The Morgan fingerprint density at radius 3 is 2.33 bits per heavy atom. The van der Waals surface area contributed by atoms with Crippen LogP contribution in [-0.4, -0.2) is 63.2 Å². The van der Waals surface area contributed by atoms with Gasteiger partial charge in [-0.15, -0.1) is 0 Å². The number of rotatable bonds is 8. The van der Waals surface area contributed by atoms with E-state index in [0.29, 0.717) is 0 Å². The van der Waals surface area contributed by atoms with Gasteiger partial charge in [-0.3, -0.25) is 4.79 Å². The molecule has 0 saturated carbocycles. The lowest BCUT2D eigenvalue weighted by atomic mass is 10.2. The van der Waals surface area contributed by atoms with E-state index < -0.39 is 33.9 Å². The van der Waals surface area contributed by atoms with Crippen LogP contribution in [0.2, 0.25) is 0 Å². The van der Waals surface area contributed by atoms with Gasteiger partial charge >= 0.3 is 5.97 Å². The second kappa shape index (κ2) is 7.29. The number of ether oxygens (including phenoxy) is 1. The maximum absolute atomic E-state index is 11.5. The first kappa shape index (κ1) is 16.8. The van der Waals surface area contributed by atoms with Gasteiger partial charge in [-0.1, -0.05) is 0 Å². The van der Waals surface area contributed by atoms with Crippen LogP contribution >= 0.6 is 0 Å². The summed E-state index contributed by atoms with van der Waals surface area (Å²) in [5.41, 5.74) is 5.25. The van der Waals surface area contributed by atoms with E-state index in [4.69, 9.17) is 15.6 Å². The van der Waals surface area contributed by atoms with E-state index in [1.807, 2.05) is 0 Å². The number of carbonyl (C=O) groups is 2. The van der Waals surface area contributed by atoms with Gasteiger partial charge in [0.1, 0.15) is 22.0 Å². The van der Waals surface area contributed by atoms with Crippen LogP contribution in [0.3, 0.4) is 0 Å². The number of nitrogens with one attached hydrogen (secondary N) is 1. The molecule has 0 aliphatic carbocycles. The third-order valence-corrected chi connectivity index (χ3v) is 3.16. The Bertz CT molecular complexity index is 390. The quantitative estimate of drug-likeness (QED) is 0.466. The van der Waals surface area contributed by atoms with Crippen LogP contribution in [0, 0.1) is 0 Å². The molecule has 0 aliphatic rings. The van der Waals surface area contributed by atoms with Gasteiger partial charge < -0.3 is 20.9 Å². The van der Waals surface area contributed by atoms with Crippen molar-refractivity contribution in [1.29, 1.82) is 0 Å². The Labute approximate surface area is 105 Å². The van der Waals surface area contributed by atoms with Crippen molar-refractivity contribution in [3.63, 3.8) is 0 Å². The maximum Gasteiger partial charge on any atom is 0.326 e. The van der Waals surface area contributed by atoms with Crippen LogP contribution in [0.1, 0.15) is 6.42 Å². The SMILES string of the molecule is COC(CN)C(=O)NC(CCS(C)(=O)=O)C(=O)O. The number of amides is 1. The lowest BCUT2D eigenvalue weighted by molar-refractivity contribution is -0.143. The van der Waals surface area contributed by atoms with Crippen LogP contribution in [0.5, 0.6) is 0 Å². The number of methoxy groups -OCH3 is 1. The molecule has 106 valence electrons. The van der Waals surface area contributed by atoms with Crippen molar-refractivity contribution in [1.82, 2.24) is 5.32 Å². The number of nitrogens with two attached hydrogens (primary N) is 1. The molecule has 4 N–H and O–H groups in total. The fraction of sp³-hybridized carbons (Fsp3) is 0.778. The Hall–Kier alpha value is -1.19. The predicted molar refractivity (Wildman–Crippen MR) is 63.7 cm³/mol. The van der Waals surface area contributed by atoms with Gasteiger partial charge in [-0.05, 0) is 6.42 Å². The summed E-state index contributed by atoms with van der Waals surface area (Å²) in [6.07, 6.45) is -0.169. The third kappa shape index (κ3) is 6.52. The van der Waals surface area contributed by atoms with Crippen molar-refractivity contribution in [2.24, 2.45) is 5.73 Å². The molecule has 0 saturated heterocycles. The minimum Gasteiger partial charge on any atom is -0.480 e. The minimum atomic E-state index is -3.29. The molecular weight excluding hydrogens is 264 g/mol. The highest BCUT2D eigenvalue weighted by atomic mass is 32.2. The summed E-state index contributed by atoms with van der Waals surface area (Å²) in [6.45, 7) is -0.0965. The van der Waals surface area contributed by atoms with Crippen molar-refractivity contribution < 1.29 is 27.9 Å². The van der Waals surface area contributed by atoms with Gasteiger partial charge in [0.25, 0.3) is 5.91 Å². The Morgan fingerprint density at radius 2 is 2.00 bits per heavy atom. The third-order valence-electron chi connectivity index (χ3n) is 2.18. The monoisotopic (exact) mass is 282 g/mol. The molecule has 9 heteroatoms. The zero-order valence-electron chi connectivity index (χ0n) is 10.3. The molecule has 2 unspecified atom stereocenters. The van der Waals surface area contributed by atoms with Gasteiger partial charge in [0.2, 0.25) is 0 Å². The second-order valence-corrected chi connectivity index (χ2v) is 6.04. The first-order valence-electron chi connectivity index (χ1n) is 5.15. The molecule has 8 nitrogen and oxygen atoms in total. The molecule has 0 fully saturated rings. The molecule has 0 aromatic heterocycles. The standard InChI is InChI=1S/C9H18N2O6S/c1-17-7(5-10)8(12)11-6(9(13)14)3-4-18(2,15)16/h6-7H,3-5,10H2,1-2H3,(H,11,12)(H,13,14). The highest BCUT2D eigenvalue weighted by Crippen LogP contribution is 1.99. The zero-order valence-corrected chi connectivity index (χ0v) is 11.1. The maximum atomic E-state index is 11.5. The average Bonchev–Trinajstić information content (AvgIpc) is 2.24. The lowest BCUT2D eigenvalue weighted by Crippen LogP contribution is -2.48. The van der Waals surface area contributed by atoms with Gasteiger partial charge in [0.15, 0.2) is 0 Å². The summed E-state index contributed by atoms with van der Waals surface area (Å²) < 4.78 is 26.6. The van der Waals surface area contributed by atoms with E-state index >= 15 is 0 Å². The second-order valence-electron chi connectivity index (χ2n) is 3.78. The van der Waals surface area contributed by atoms with Crippen LogP contribution < -0.4 is 11.1 Å². The van der Waals surface area contributed by atoms with E-state index in [2.05, 4.69) is 5.32 Å². The number of sulfone groups is 1. The van der Waals surface area contributed by atoms with Crippen molar-refractivity contribution in [2.45, 2.75) is 18.6 Å². The highest BCUT2D eigenvalue weighted by molar-refractivity contribution is 7.90. The molecular formula is C9H18N2O6S. The van der Waals surface area contributed by atoms with Gasteiger partial charge in [-0.2, -0.15) is 0 Å². The number of carboxylic acid groups (broad SMARTS) is 1. The first-order valence-corrected chi connectivity index (χ1v) is 7.21. The molecule has 0 heterocycles. The zero-order chi connectivity index (χ0) is 14.3. The van der Waals surface area contributed by atoms with Crippen molar-refractivity contribution in [3.8, 4) is 0 Å². The fourth-order valence-electron chi connectivity index (χ4n) is 1.16. The molecule has 2 atom stereocenters. The summed E-state index contributed by atoms with van der Waals surface area (Å²) in [6, 6.07) is -1.28. The summed E-state index contributed by atoms with van der Waals surface area (Å²) in [5.74, 6) is -2.32. The summed E-state index contributed by atoms with van der Waals surface area (Å²) >= 11 is 0. The van der Waals surface area contributed by atoms with Crippen LogP contribution in [0.25, 0.3) is 0 Å². The molecule has 0 spiro atoms. The number of carboxylic acids is 1. The molecule has 0 rings (SSSR count). The minimum absolute atomic E-state index is 0.0965. The van der Waals surface area contributed by atoms with E-state index in [1.165, 1.54) is 7.11 Å². The van der Waals surface area contributed by atoms with E-state index in [0.717, 1.165) is 6.26 Å². The fourth-order valence-corrected chi connectivity index (χ4v) is 1.83. The molecule has 0 aliphatic heterocycles. The Morgan fingerprint density at radius 1 is 1.44 bits per heavy atom. The normalized spacial score (nSPS) is 14.8. The summed E-state index contributed by atoms with van der Waals surface area (Å²) in [5, 5.41) is 11.0. The van der Waals surface area contributed by atoms with Gasteiger partial charge in [0, 0.05) is 19.9 Å². The smallest absolute Gasteiger partial charge is 0.326 e. The molecule has 1 amide bonds. The largest absolute Gasteiger partial charge is 0.480 e. The highest BCUT2D eigenvalue weighted by Gasteiger charge is 2.25. The van der Waals surface area contributed by atoms with Gasteiger partial charge in [-0.25, -0.2) is 13.2 Å². The number of hydrogen-bond acceptors (Lipinski definition) is 6. The summed E-state index contributed by atoms with van der Waals surface area (Å²) in [7, 11) is -2.02. The average molecular weight is 282 g/mol.